The van der Waals surface area contributed by atoms with E-state index in [2.05, 4.69) is 9.50 Å². The van der Waals surface area contributed by atoms with Crippen LogP contribution in [-0.4, -0.2) is 58.5 Å². The molecule has 0 aliphatic rings. The van der Waals surface area contributed by atoms with Gasteiger partial charge >= 0.3 is 10.4 Å². The molecule has 0 spiro atoms. The average Bonchev–Trinajstić information content (AvgIpc) is 2.14. The fourth-order valence-corrected chi connectivity index (χ4v) is 2.44. The molecule has 0 aromatic heterocycles. The average molecular weight is 310 g/mol. The third-order valence-electron chi connectivity index (χ3n) is 1.70. The molecule has 0 unspecified atom stereocenters. The summed E-state index contributed by atoms with van der Waals surface area (Å²) in [7, 11) is -7.96. The molecule has 0 saturated carbocycles. The van der Waals surface area contributed by atoms with E-state index in [0.29, 0.717) is 12.4 Å². The van der Waals surface area contributed by atoms with Crippen LogP contribution < -0.4 is 5.32 Å². The first kappa shape index (κ1) is 17.1. The molecule has 2 N–H and O–H groups in total. The summed E-state index contributed by atoms with van der Waals surface area (Å²) in [6.07, 6.45) is 0.744. The molecule has 7 nitrogen and oxygen atoms in total. The van der Waals surface area contributed by atoms with Gasteiger partial charge in [0.15, 0.2) is 9.84 Å². The van der Waals surface area contributed by atoms with Crippen molar-refractivity contribution in [2.45, 2.75) is 6.42 Å². The van der Waals surface area contributed by atoms with Crippen molar-refractivity contribution in [1.29, 1.82) is 0 Å². The molecule has 0 fully saturated rings. The molecule has 0 rings (SSSR count). The van der Waals surface area contributed by atoms with Gasteiger partial charge in [-0.2, -0.15) is 8.42 Å². The molecule has 104 valence electrons. The van der Waals surface area contributed by atoms with Crippen LogP contribution in [0.1, 0.15) is 6.42 Å². The zero-order chi connectivity index (χ0) is 13.4. The Labute approximate surface area is 106 Å². The van der Waals surface area contributed by atoms with Gasteiger partial charge in [0.25, 0.3) is 0 Å². The van der Waals surface area contributed by atoms with Crippen LogP contribution in [-0.2, 0) is 24.4 Å². The van der Waals surface area contributed by atoms with Gasteiger partial charge in [-0.05, 0) is 13.0 Å². The second kappa shape index (κ2) is 8.22. The lowest BCUT2D eigenvalue weighted by Crippen LogP contribution is -2.27. The molecule has 10 heteroatoms. The molecule has 17 heavy (non-hydrogen) atoms. The van der Waals surface area contributed by atoms with E-state index < -0.39 is 32.6 Å². The topological polar surface area (TPSA) is 110 Å². The predicted molar refractivity (Wildman–Crippen MR) is 64.4 cm³/mol. The Morgan fingerprint density at radius 2 is 1.76 bits per heavy atom. The summed E-state index contributed by atoms with van der Waals surface area (Å²) < 4.78 is 55.1. The highest BCUT2D eigenvalue weighted by atomic mass is 35.5. The monoisotopic (exact) mass is 309 g/mol. The van der Waals surface area contributed by atoms with E-state index in [0.717, 1.165) is 6.42 Å². The third kappa shape index (κ3) is 12.3. The van der Waals surface area contributed by atoms with Crippen LogP contribution in [0, 0.1) is 0 Å². The molecule has 0 bridgehead atoms. The van der Waals surface area contributed by atoms with Crippen LogP contribution in [0.15, 0.2) is 0 Å². The lowest BCUT2D eigenvalue weighted by Gasteiger charge is -2.05. The van der Waals surface area contributed by atoms with E-state index in [1.165, 1.54) is 0 Å². The SMILES string of the molecule is O=S(=O)(CCNCCCCl)CCOS(=O)(=O)O. The van der Waals surface area contributed by atoms with Gasteiger partial charge in [-0.15, -0.1) is 11.6 Å². The number of nitrogens with one attached hydrogen (secondary N) is 1. The molecule has 0 amide bonds. The Morgan fingerprint density at radius 3 is 2.29 bits per heavy atom. The largest absolute Gasteiger partial charge is 0.397 e. The molecule has 0 aromatic carbocycles. The van der Waals surface area contributed by atoms with Crippen molar-refractivity contribution in [3.05, 3.63) is 0 Å². The normalized spacial score (nSPS) is 12.8. The van der Waals surface area contributed by atoms with Crippen molar-refractivity contribution in [2.75, 3.05) is 37.1 Å². The first-order valence-corrected chi connectivity index (χ1v) is 8.58. The van der Waals surface area contributed by atoms with Crippen molar-refractivity contribution in [3.63, 3.8) is 0 Å². The summed E-state index contributed by atoms with van der Waals surface area (Å²) in [6.45, 7) is 0.314. The fourth-order valence-electron chi connectivity index (χ4n) is 0.913. The number of halogens is 1. The van der Waals surface area contributed by atoms with E-state index in [1.807, 2.05) is 0 Å². The predicted octanol–water partition coefficient (Wildman–Crippen LogP) is -0.561. The van der Waals surface area contributed by atoms with Crippen molar-refractivity contribution >= 4 is 31.8 Å². The van der Waals surface area contributed by atoms with Crippen molar-refractivity contribution in [2.24, 2.45) is 0 Å². The maximum Gasteiger partial charge on any atom is 0.397 e. The Hall–Kier alpha value is 0.0700. The number of hydrogen-bond donors (Lipinski definition) is 2. The third-order valence-corrected chi connectivity index (χ3v) is 4.05. The van der Waals surface area contributed by atoms with Gasteiger partial charge in [-0.3, -0.25) is 4.55 Å². The number of hydrogen-bond acceptors (Lipinski definition) is 6. The lowest BCUT2D eigenvalue weighted by atomic mass is 10.5. The molecule has 0 heterocycles. The number of rotatable bonds is 10. The maximum absolute atomic E-state index is 11.3. The zero-order valence-corrected chi connectivity index (χ0v) is 11.5. The Morgan fingerprint density at radius 1 is 1.12 bits per heavy atom. The standard InChI is InChI=1S/C7H16ClNO6S2/c8-2-1-3-9-4-6-16(10,11)7-5-15-17(12,13)14/h9H,1-7H2,(H,12,13,14). The van der Waals surface area contributed by atoms with E-state index in [9.17, 15) is 16.8 Å². The summed E-state index contributed by atoms with van der Waals surface area (Å²) >= 11 is 5.43. The Kier molecular flexibility index (Phi) is 8.25. The second-order valence-corrected chi connectivity index (χ2v) is 6.97. The molecular weight excluding hydrogens is 294 g/mol. The summed E-state index contributed by atoms with van der Waals surface area (Å²) in [5, 5.41) is 2.88. The number of sulfone groups is 1. The second-order valence-electron chi connectivity index (χ2n) is 3.19. The highest BCUT2D eigenvalue weighted by Crippen LogP contribution is 1.93. The zero-order valence-electron chi connectivity index (χ0n) is 9.13. The Balaban J connectivity index is 3.74. The minimum atomic E-state index is -4.57. The molecule has 0 saturated heterocycles. The van der Waals surface area contributed by atoms with Gasteiger partial charge in [0.1, 0.15) is 0 Å². The molecule has 0 aliphatic heterocycles. The Bertz CT molecular complexity index is 393. The summed E-state index contributed by atoms with van der Waals surface area (Å²) in [6, 6.07) is 0. The highest BCUT2D eigenvalue weighted by molar-refractivity contribution is 7.91. The van der Waals surface area contributed by atoms with E-state index in [4.69, 9.17) is 16.2 Å². The van der Waals surface area contributed by atoms with Gasteiger partial charge in [-0.25, -0.2) is 12.6 Å². The van der Waals surface area contributed by atoms with E-state index in [1.54, 1.807) is 0 Å². The minimum Gasteiger partial charge on any atom is -0.316 e. The molecule has 0 atom stereocenters. The van der Waals surface area contributed by atoms with Crippen molar-refractivity contribution in [3.8, 4) is 0 Å². The fraction of sp³-hybridized carbons (Fsp3) is 1.00. The van der Waals surface area contributed by atoms with Gasteiger partial charge in [0, 0.05) is 12.4 Å². The van der Waals surface area contributed by atoms with E-state index >= 15 is 0 Å². The molecular formula is C7H16ClNO6S2. The van der Waals surface area contributed by atoms with Gasteiger partial charge in [-0.1, -0.05) is 0 Å². The summed E-state index contributed by atoms with van der Waals surface area (Å²) in [5.74, 6) is -0.0734. The van der Waals surface area contributed by atoms with E-state index in [-0.39, 0.29) is 12.3 Å². The van der Waals surface area contributed by atoms with Crippen molar-refractivity contribution in [1.82, 2.24) is 5.32 Å². The summed E-state index contributed by atoms with van der Waals surface area (Å²) in [5.41, 5.74) is 0. The molecule has 0 radical (unpaired) electrons. The molecule has 0 aromatic rings. The quantitative estimate of drug-likeness (QED) is 0.316. The maximum atomic E-state index is 11.3. The highest BCUT2D eigenvalue weighted by Gasteiger charge is 2.13. The van der Waals surface area contributed by atoms with Crippen LogP contribution in [0.25, 0.3) is 0 Å². The van der Waals surface area contributed by atoms with Crippen LogP contribution in [0.2, 0.25) is 0 Å². The van der Waals surface area contributed by atoms with Crippen LogP contribution in [0.4, 0.5) is 0 Å². The van der Waals surface area contributed by atoms with Crippen LogP contribution in [0.3, 0.4) is 0 Å². The smallest absolute Gasteiger partial charge is 0.316 e. The van der Waals surface area contributed by atoms with Gasteiger partial charge < -0.3 is 5.32 Å². The van der Waals surface area contributed by atoms with Crippen LogP contribution >= 0.6 is 11.6 Å². The first-order chi connectivity index (χ1) is 7.77. The van der Waals surface area contributed by atoms with Gasteiger partial charge in [0.05, 0.1) is 18.1 Å². The molecule has 0 aliphatic carbocycles. The van der Waals surface area contributed by atoms with Crippen molar-refractivity contribution < 1.29 is 25.6 Å². The van der Waals surface area contributed by atoms with Crippen LogP contribution in [0.5, 0.6) is 0 Å². The van der Waals surface area contributed by atoms with Gasteiger partial charge in [0.2, 0.25) is 0 Å². The lowest BCUT2D eigenvalue weighted by molar-refractivity contribution is 0.284. The minimum absolute atomic E-state index is 0.121. The first-order valence-electron chi connectivity index (χ1n) is 4.86. The summed E-state index contributed by atoms with van der Waals surface area (Å²) in [4.78, 5) is 0. The number of alkyl halides is 1.